The van der Waals surface area contributed by atoms with Crippen LogP contribution in [0.15, 0.2) is 24.3 Å². The Hall–Kier alpha value is -2.22. The molecule has 0 saturated carbocycles. The number of aryl methyl sites for hydroxylation is 1. The molecule has 33 heavy (non-hydrogen) atoms. The molecular formula is C25H41N3O4S. The van der Waals surface area contributed by atoms with Crippen LogP contribution in [0.2, 0.25) is 0 Å². The van der Waals surface area contributed by atoms with Gasteiger partial charge in [0.25, 0.3) is 0 Å². The first-order valence-electron chi connectivity index (χ1n) is 11.8. The molecule has 0 saturated heterocycles. The van der Waals surface area contributed by atoms with Gasteiger partial charge in [0, 0.05) is 18.8 Å². The van der Waals surface area contributed by atoms with Crippen LogP contribution in [0.5, 0.6) is 0 Å². The maximum Gasteiger partial charge on any atom is 0.408 e. The van der Waals surface area contributed by atoms with Crippen LogP contribution >= 0.6 is 12.6 Å². The molecule has 0 heterocycles. The van der Waals surface area contributed by atoms with Gasteiger partial charge in [0.15, 0.2) is 0 Å². The van der Waals surface area contributed by atoms with Gasteiger partial charge in [-0.15, -0.1) is 0 Å². The van der Waals surface area contributed by atoms with Gasteiger partial charge in [-0.05, 0) is 51.2 Å². The van der Waals surface area contributed by atoms with Crippen molar-refractivity contribution in [3.05, 3.63) is 35.4 Å². The van der Waals surface area contributed by atoms with Gasteiger partial charge in [0.05, 0.1) is 0 Å². The number of hydrogen-bond donors (Lipinski definition) is 3. The van der Waals surface area contributed by atoms with Gasteiger partial charge in [-0.1, -0.05) is 51.5 Å². The Morgan fingerprint density at radius 2 is 1.70 bits per heavy atom. The summed E-state index contributed by atoms with van der Waals surface area (Å²) in [5, 5.41) is 5.59. The van der Waals surface area contributed by atoms with Gasteiger partial charge in [-0.2, -0.15) is 12.6 Å². The SMILES string of the molecule is CCCCNC(=O)C(c1ccc(CC)cc1)N(CCC)C(=O)C(CS)NC(=O)OC(C)(C)C. The first-order valence-corrected chi connectivity index (χ1v) is 12.5. The molecule has 0 aromatic heterocycles. The van der Waals surface area contributed by atoms with E-state index < -0.39 is 23.8 Å². The summed E-state index contributed by atoms with van der Waals surface area (Å²) in [6.45, 7) is 12.2. The maximum atomic E-state index is 13.6. The highest BCUT2D eigenvalue weighted by molar-refractivity contribution is 7.80. The molecule has 2 atom stereocenters. The smallest absolute Gasteiger partial charge is 0.408 e. The number of alkyl carbamates (subject to hydrolysis) is 1. The van der Waals surface area contributed by atoms with Crippen molar-refractivity contribution in [1.29, 1.82) is 0 Å². The summed E-state index contributed by atoms with van der Waals surface area (Å²) in [6.07, 6.45) is 2.65. The van der Waals surface area contributed by atoms with Crippen molar-refractivity contribution < 1.29 is 19.1 Å². The Bertz CT molecular complexity index is 762. The Kier molecular flexibility index (Phi) is 12.3. The van der Waals surface area contributed by atoms with E-state index in [9.17, 15) is 14.4 Å². The number of rotatable bonds is 12. The monoisotopic (exact) mass is 479 g/mol. The zero-order chi connectivity index (χ0) is 25.0. The van der Waals surface area contributed by atoms with E-state index in [0.29, 0.717) is 19.5 Å². The van der Waals surface area contributed by atoms with E-state index in [1.807, 2.05) is 31.2 Å². The van der Waals surface area contributed by atoms with E-state index in [1.165, 1.54) is 0 Å². The average molecular weight is 480 g/mol. The molecule has 0 radical (unpaired) electrons. The molecule has 7 nitrogen and oxygen atoms in total. The van der Waals surface area contributed by atoms with Gasteiger partial charge >= 0.3 is 6.09 Å². The van der Waals surface area contributed by atoms with Gasteiger partial charge in [-0.25, -0.2) is 4.79 Å². The quantitative estimate of drug-likeness (QED) is 0.309. The van der Waals surface area contributed by atoms with E-state index in [2.05, 4.69) is 37.1 Å². The molecule has 0 fully saturated rings. The maximum absolute atomic E-state index is 13.6. The van der Waals surface area contributed by atoms with Crippen molar-refractivity contribution in [2.45, 2.75) is 84.9 Å². The van der Waals surface area contributed by atoms with Crippen LogP contribution in [0.25, 0.3) is 0 Å². The fourth-order valence-corrected chi connectivity index (χ4v) is 3.58. The van der Waals surface area contributed by atoms with E-state index in [-0.39, 0.29) is 17.6 Å². The average Bonchev–Trinajstić information content (AvgIpc) is 2.76. The fourth-order valence-electron chi connectivity index (χ4n) is 3.34. The predicted molar refractivity (Wildman–Crippen MR) is 135 cm³/mol. The summed E-state index contributed by atoms with van der Waals surface area (Å²) in [5.74, 6) is -0.519. The molecule has 0 aliphatic heterocycles. The van der Waals surface area contributed by atoms with Crippen LogP contribution in [0.3, 0.4) is 0 Å². The van der Waals surface area contributed by atoms with E-state index in [1.54, 1.807) is 25.7 Å². The molecule has 1 aromatic rings. The minimum Gasteiger partial charge on any atom is -0.444 e. The third-order valence-corrected chi connectivity index (χ3v) is 5.38. The first kappa shape index (κ1) is 28.8. The summed E-state index contributed by atoms with van der Waals surface area (Å²) in [5.41, 5.74) is 1.19. The lowest BCUT2D eigenvalue weighted by molar-refractivity contribution is -0.142. The van der Waals surface area contributed by atoms with E-state index in [0.717, 1.165) is 30.4 Å². The normalized spacial score (nSPS) is 13.1. The second-order valence-corrected chi connectivity index (χ2v) is 9.42. The number of amides is 3. The molecule has 0 bridgehead atoms. The molecule has 0 aliphatic carbocycles. The molecular weight excluding hydrogens is 438 g/mol. The largest absolute Gasteiger partial charge is 0.444 e. The summed E-state index contributed by atoms with van der Waals surface area (Å²) in [4.78, 5) is 40.7. The van der Waals surface area contributed by atoms with Crippen LogP contribution in [-0.2, 0) is 20.7 Å². The molecule has 0 aliphatic rings. The van der Waals surface area contributed by atoms with Crippen LogP contribution in [0, 0.1) is 0 Å². The molecule has 0 spiro atoms. The van der Waals surface area contributed by atoms with Crippen molar-refractivity contribution in [3.8, 4) is 0 Å². The van der Waals surface area contributed by atoms with Crippen LogP contribution in [0.4, 0.5) is 4.79 Å². The lowest BCUT2D eigenvalue weighted by atomic mass is 10.0. The summed E-state index contributed by atoms with van der Waals surface area (Å²) in [7, 11) is 0. The molecule has 2 N–H and O–H groups in total. The third kappa shape index (κ3) is 9.66. The van der Waals surface area contributed by atoms with Crippen molar-refractivity contribution in [2.24, 2.45) is 0 Å². The number of thiol groups is 1. The Morgan fingerprint density at radius 3 is 2.18 bits per heavy atom. The fraction of sp³-hybridized carbons (Fsp3) is 0.640. The minimum absolute atomic E-state index is 0.0806. The second kappa shape index (κ2) is 14.1. The van der Waals surface area contributed by atoms with E-state index in [4.69, 9.17) is 4.74 Å². The molecule has 1 aromatic carbocycles. The number of hydrogen-bond acceptors (Lipinski definition) is 5. The second-order valence-electron chi connectivity index (χ2n) is 9.06. The number of ether oxygens (including phenoxy) is 1. The highest BCUT2D eigenvalue weighted by Gasteiger charge is 2.35. The van der Waals surface area contributed by atoms with Crippen molar-refractivity contribution >= 4 is 30.5 Å². The number of nitrogens with one attached hydrogen (secondary N) is 2. The zero-order valence-electron chi connectivity index (χ0n) is 20.9. The zero-order valence-corrected chi connectivity index (χ0v) is 21.8. The Balaban J connectivity index is 3.26. The highest BCUT2D eigenvalue weighted by Crippen LogP contribution is 2.24. The molecule has 8 heteroatoms. The van der Waals surface area contributed by atoms with Gasteiger partial charge < -0.3 is 20.3 Å². The van der Waals surface area contributed by atoms with E-state index >= 15 is 0 Å². The van der Waals surface area contributed by atoms with Gasteiger partial charge in [0.2, 0.25) is 11.8 Å². The number of unbranched alkanes of at least 4 members (excludes halogenated alkanes) is 1. The molecule has 1 rings (SSSR count). The lowest BCUT2D eigenvalue weighted by Crippen LogP contribution is -2.54. The molecule has 2 unspecified atom stereocenters. The van der Waals surface area contributed by atoms with Crippen molar-refractivity contribution in [1.82, 2.24) is 15.5 Å². The number of carbonyl (C=O) groups is 3. The minimum atomic E-state index is -0.921. The summed E-state index contributed by atoms with van der Waals surface area (Å²) >= 11 is 4.29. The highest BCUT2D eigenvalue weighted by atomic mass is 32.1. The van der Waals surface area contributed by atoms with Crippen LogP contribution in [-0.4, -0.2) is 53.3 Å². The standard InChI is InChI=1S/C25H41N3O4S/c1-7-10-15-26-22(29)21(19-13-11-18(9-3)12-14-19)28(16-8-2)23(30)20(17-33)27-24(31)32-25(4,5)6/h11-14,20-21,33H,7-10,15-17H2,1-6H3,(H,26,29)(H,27,31). The van der Waals surface area contributed by atoms with Crippen molar-refractivity contribution in [2.75, 3.05) is 18.8 Å². The molecule has 3 amide bonds. The lowest BCUT2D eigenvalue weighted by Gasteiger charge is -2.34. The third-order valence-electron chi connectivity index (χ3n) is 5.01. The first-order chi connectivity index (χ1) is 15.6. The van der Waals surface area contributed by atoms with Gasteiger partial charge in [-0.3, -0.25) is 9.59 Å². The number of carbonyl (C=O) groups excluding carboxylic acids is 3. The molecule has 186 valence electrons. The van der Waals surface area contributed by atoms with Crippen LogP contribution < -0.4 is 10.6 Å². The summed E-state index contributed by atoms with van der Waals surface area (Å²) < 4.78 is 5.31. The predicted octanol–water partition coefficient (Wildman–Crippen LogP) is 4.27. The number of benzene rings is 1. The summed E-state index contributed by atoms with van der Waals surface area (Å²) in [6, 6.07) is 6.03. The van der Waals surface area contributed by atoms with Crippen LogP contribution in [0.1, 0.15) is 78.0 Å². The Labute approximate surface area is 204 Å². The topological polar surface area (TPSA) is 87.7 Å². The van der Waals surface area contributed by atoms with Gasteiger partial charge in [0.1, 0.15) is 17.7 Å². The number of nitrogens with zero attached hydrogens (tertiary/aromatic N) is 1. The van der Waals surface area contributed by atoms with Crippen molar-refractivity contribution in [3.63, 3.8) is 0 Å². The Morgan fingerprint density at radius 1 is 1.06 bits per heavy atom.